The van der Waals surface area contributed by atoms with E-state index in [1.807, 2.05) is 0 Å². The number of aryl methyl sites for hydroxylation is 2. The van der Waals surface area contributed by atoms with Crippen LogP contribution in [0, 0.1) is 6.92 Å². The first-order valence-corrected chi connectivity index (χ1v) is 4.62. The highest BCUT2D eigenvalue weighted by molar-refractivity contribution is 7.16. The molecule has 0 aliphatic heterocycles. The average molecular weight is 165 g/mol. The number of hydrogen-bond acceptors (Lipinski definition) is 0. The standard InChI is InChI=1S/C9H10NS/c1-7-3-5-10(2)9-8(7)4-6-11-9/h3-6H,1-2H3/q+1/p+1. The molecule has 0 radical (unpaired) electrons. The number of hydrogen-bond donors (Lipinski definition) is 0. The molecule has 0 N–H and O–H groups in total. The fourth-order valence-corrected chi connectivity index (χ4v) is 2.30. The van der Waals surface area contributed by atoms with Gasteiger partial charge in [-0.15, -0.1) is 0 Å². The number of pyridine rings is 1. The predicted octanol–water partition coefficient (Wildman–Crippen LogP) is 1.77. The highest BCUT2D eigenvalue weighted by Gasteiger charge is 2.13. The van der Waals surface area contributed by atoms with E-state index in [-0.39, 0.29) is 0 Å². The van der Waals surface area contributed by atoms with Crippen LogP contribution in [-0.2, 0) is 7.05 Å². The van der Waals surface area contributed by atoms with Gasteiger partial charge in [0.15, 0.2) is 6.20 Å². The van der Waals surface area contributed by atoms with Crippen LogP contribution < -0.4 is 4.57 Å². The van der Waals surface area contributed by atoms with Gasteiger partial charge in [0.1, 0.15) is 17.8 Å². The Morgan fingerprint density at radius 2 is 2.18 bits per heavy atom. The second-order valence-electron chi connectivity index (χ2n) is 2.79. The molecule has 0 fully saturated rings. The van der Waals surface area contributed by atoms with Crippen LogP contribution in [0.5, 0.6) is 0 Å². The van der Waals surface area contributed by atoms with Gasteiger partial charge in [-0.2, -0.15) is 4.57 Å². The first-order chi connectivity index (χ1) is 5.29. The lowest BCUT2D eigenvalue weighted by Crippen LogP contribution is -2.26. The zero-order valence-electron chi connectivity index (χ0n) is 6.70. The number of fused-ring (bicyclic) bond motifs is 1. The average Bonchev–Trinajstić information content (AvgIpc) is 2.45. The molecule has 2 heteroatoms. The molecule has 0 bridgehead atoms. The first-order valence-electron chi connectivity index (χ1n) is 3.65. The van der Waals surface area contributed by atoms with E-state index in [0.29, 0.717) is 0 Å². The number of aromatic nitrogens is 1. The Morgan fingerprint density at radius 1 is 1.36 bits per heavy atom. The zero-order valence-corrected chi connectivity index (χ0v) is 7.60. The Bertz CT molecular complexity index is 353. The molecule has 0 saturated heterocycles. The summed E-state index contributed by atoms with van der Waals surface area (Å²) in [4.78, 5) is 1.41. The van der Waals surface area contributed by atoms with Crippen molar-refractivity contribution in [2.45, 2.75) is 6.92 Å². The van der Waals surface area contributed by atoms with Gasteiger partial charge in [0.2, 0.25) is 0 Å². The Hall–Kier alpha value is -0.890. The fraction of sp³-hybridized carbons (Fsp3) is 0.222. The second kappa shape index (κ2) is 2.31. The van der Waals surface area contributed by atoms with Crippen LogP contribution in [0.3, 0.4) is 0 Å². The summed E-state index contributed by atoms with van der Waals surface area (Å²) in [7, 11) is 2.10. The fourth-order valence-electron chi connectivity index (χ4n) is 1.30. The van der Waals surface area contributed by atoms with Crippen LogP contribution in [0.25, 0.3) is 10.2 Å². The number of nitrogens with zero attached hydrogens (tertiary/aromatic N) is 1. The van der Waals surface area contributed by atoms with Crippen LogP contribution >= 0.6 is 11.3 Å². The summed E-state index contributed by atoms with van der Waals surface area (Å²) < 4.78 is 2.18. The quantitative estimate of drug-likeness (QED) is 0.414. The number of thiophene rings is 1. The molecule has 2 rings (SSSR count). The predicted molar refractivity (Wildman–Crippen MR) is 49.1 cm³/mol. The Kier molecular flexibility index (Phi) is 1.43. The summed E-state index contributed by atoms with van der Waals surface area (Å²) in [5, 5.41) is 3.59. The van der Waals surface area contributed by atoms with E-state index in [1.165, 1.54) is 27.1 Å². The molecule has 1 nitrogen and oxygen atoms in total. The van der Waals surface area contributed by atoms with Crippen molar-refractivity contribution in [3.05, 3.63) is 29.3 Å². The highest BCUT2D eigenvalue weighted by Crippen LogP contribution is 2.19. The van der Waals surface area contributed by atoms with Gasteiger partial charge < -0.3 is 0 Å². The number of rotatable bonds is 0. The maximum Gasteiger partial charge on any atom is 0.410 e. The van der Waals surface area contributed by atoms with Crippen molar-refractivity contribution in [1.82, 2.24) is 0 Å². The van der Waals surface area contributed by atoms with Crippen LogP contribution in [0.4, 0.5) is 0 Å². The molecule has 11 heavy (non-hydrogen) atoms. The van der Waals surface area contributed by atoms with Crippen LogP contribution in [0.1, 0.15) is 5.56 Å². The van der Waals surface area contributed by atoms with Crippen molar-refractivity contribution in [1.29, 1.82) is 0 Å². The molecule has 0 aromatic carbocycles. The second-order valence-corrected chi connectivity index (χ2v) is 3.77. The van der Waals surface area contributed by atoms with E-state index in [1.54, 1.807) is 0 Å². The van der Waals surface area contributed by atoms with E-state index in [9.17, 15) is 0 Å². The molecule has 0 atom stereocenters. The first kappa shape index (κ1) is 6.80. The Balaban J connectivity index is 2.96. The van der Waals surface area contributed by atoms with Gasteiger partial charge in [0.25, 0.3) is 0 Å². The van der Waals surface area contributed by atoms with Crippen molar-refractivity contribution < 1.29 is 4.57 Å². The van der Waals surface area contributed by atoms with E-state index in [0.717, 1.165) is 0 Å². The summed E-state index contributed by atoms with van der Waals surface area (Å²) in [6, 6.07) is 4.36. The smallest absolute Gasteiger partial charge is 0.156 e. The Morgan fingerprint density at radius 3 is 2.91 bits per heavy atom. The van der Waals surface area contributed by atoms with Gasteiger partial charge in [-0.25, -0.2) is 0 Å². The van der Waals surface area contributed by atoms with Crippen LogP contribution in [-0.4, -0.2) is 0 Å². The molecule has 0 spiro atoms. The maximum absolute atomic E-state index is 2.20. The molecule has 0 aliphatic carbocycles. The minimum Gasteiger partial charge on any atom is -0.156 e. The van der Waals surface area contributed by atoms with Crippen molar-refractivity contribution >= 4 is 21.6 Å². The minimum atomic E-state index is 1.32. The lowest BCUT2D eigenvalue weighted by atomic mass is 10.2. The summed E-state index contributed by atoms with van der Waals surface area (Å²) in [5.41, 5.74) is 1.37. The summed E-state index contributed by atoms with van der Waals surface area (Å²) in [6.45, 7) is 2.16. The van der Waals surface area contributed by atoms with Gasteiger partial charge >= 0.3 is 4.83 Å². The lowest BCUT2D eigenvalue weighted by Gasteiger charge is -1.88. The summed E-state index contributed by atoms with van der Waals surface area (Å²) >= 11 is 1.32. The molecular weight excluding hydrogens is 154 g/mol. The van der Waals surface area contributed by atoms with Gasteiger partial charge in [-0.3, -0.25) is 0 Å². The minimum absolute atomic E-state index is 1.32. The molecule has 2 heterocycles. The van der Waals surface area contributed by atoms with E-state index >= 15 is 0 Å². The van der Waals surface area contributed by atoms with Crippen molar-refractivity contribution in [2.75, 3.05) is 0 Å². The van der Waals surface area contributed by atoms with Crippen LogP contribution in [0.15, 0.2) is 23.7 Å². The van der Waals surface area contributed by atoms with Crippen LogP contribution in [0.2, 0.25) is 0 Å². The molecule has 0 amide bonds. The van der Waals surface area contributed by atoms with Gasteiger partial charge in [-0.1, -0.05) is 0 Å². The largest absolute Gasteiger partial charge is 0.410 e. The monoisotopic (exact) mass is 165 g/mol. The van der Waals surface area contributed by atoms with Crippen molar-refractivity contribution in [2.24, 2.45) is 7.05 Å². The molecule has 0 saturated carbocycles. The lowest BCUT2D eigenvalue weighted by molar-refractivity contribution is -0.642. The molecule has 56 valence electrons. The van der Waals surface area contributed by atoms with Gasteiger partial charge in [-0.05, 0) is 12.5 Å². The van der Waals surface area contributed by atoms with Crippen molar-refractivity contribution in [3.8, 4) is 0 Å². The van der Waals surface area contributed by atoms with Gasteiger partial charge in [0, 0.05) is 23.5 Å². The molecule has 2 aromatic heterocycles. The van der Waals surface area contributed by atoms with E-state index in [4.69, 9.17) is 0 Å². The van der Waals surface area contributed by atoms with Gasteiger partial charge in [0.05, 0.1) is 0 Å². The topological polar surface area (TPSA) is 3.88 Å². The molecule has 0 unspecified atom stereocenters. The third kappa shape index (κ3) is 0.942. The maximum atomic E-state index is 2.20. The normalized spacial score (nSPS) is 10.7. The van der Waals surface area contributed by atoms with E-state index < -0.39 is 0 Å². The molecule has 0 aliphatic rings. The molecule has 2 aromatic rings. The SMILES string of the molecule is Cc1cc[n+](C)c2[sH+]ccc12. The summed E-state index contributed by atoms with van der Waals surface area (Å²) in [5.74, 6) is 0. The van der Waals surface area contributed by atoms with E-state index in [2.05, 4.69) is 42.2 Å². The third-order valence-electron chi connectivity index (χ3n) is 1.99. The van der Waals surface area contributed by atoms with Crippen molar-refractivity contribution in [3.63, 3.8) is 0 Å². The third-order valence-corrected chi connectivity index (χ3v) is 3.09. The summed E-state index contributed by atoms with van der Waals surface area (Å²) in [6.07, 6.45) is 2.12. The highest BCUT2D eigenvalue weighted by atomic mass is 32.1. The Labute approximate surface area is 69.9 Å². The molecular formula is C9H11NS+2. The zero-order chi connectivity index (χ0) is 7.84.